The predicted molar refractivity (Wildman–Crippen MR) is 116 cm³/mol. The molecule has 2 nitrogen and oxygen atoms in total. The van der Waals surface area contributed by atoms with Crippen LogP contribution in [0.1, 0.15) is 19.4 Å². The van der Waals surface area contributed by atoms with Crippen molar-refractivity contribution in [3.63, 3.8) is 0 Å². The van der Waals surface area contributed by atoms with Gasteiger partial charge in [0.25, 0.3) is 0 Å². The third kappa shape index (κ3) is 3.31. The summed E-state index contributed by atoms with van der Waals surface area (Å²) in [6.45, 7) is 5.02. The van der Waals surface area contributed by atoms with E-state index in [4.69, 9.17) is 0 Å². The molecule has 0 aliphatic carbocycles. The third-order valence-corrected chi connectivity index (χ3v) is 4.81. The van der Waals surface area contributed by atoms with Crippen molar-refractivity contribution < 1.29 is 5.11 Å². The Labute approximate surface area is 159 Å². The lowest BCUT2D eigenvalue weighted by molar-refractivity contribution is 0.476. The molecule has 0 amide bonds. The first-order chi connectivity index (χ1) is 13.1. The summed E-state index contributed by atoms with van der Waals surface area (Å²) in [4.78, 5) is 4.48. The molecule has 0 saturated carbocycles. The maximum Gasteiger partial charge on any atom is 0.132 e. The minimum Gasteiger partial charge on any atom is -0.507 e. The molecule has 2 heteroatoms. The summed E-state index contributed by atoms with van der Waals surface area (Å²) < 4.78 is 0. The van der Waals surface area contributed by atoms with Gasteiger partial charge in [-0.25, -0.2) is 0 Å². The topological polar surface area (TPSA) is 32.6 Å². The van der Waals surface area contributed by atoms with Crippen molar-refractivity contribution in [1.82, 2.24) is 0 Å². The van der Waals surface area contributed by atoms with Crippen molar-refractivity contribution in [1.29, 1.82) is 0 Å². The van der Waals surface area contributed by atoms with Gasteiger partial charge in [0.1, 0.15) is 5.75 Å². The molecule has 0 saturated heterocycles. The van der Waals surface area contributed by atoms with Gasteiger partial charge in [-0.3, -0.25) is 4.99 Å². The highest BCUT2D eigenvalue weighted by molar-refractivity contribution is 6.14. The summed E-state index contributed by atoms with van der Waals surface area (Å²) in [6, 6.07) is 24.8. The van der Waals surface area contributed by atoms with Gasteiger partial charge in [-0.1, -0.05) is 74.5 Å². The first-order valence-electron chi connectivity index (χ1n) is 9.38. The van der Waals surface area contributed by atoms with E-state index >= 15 is 0 Å². The molecule has 0 heterocycles. The van der Waals surface area contributed by atoms with Gasteiger partial charge in [0.15, 0.2) is 0 Å². The first-order valence-corrected chi connectivity index (χ1v) is 9.38. The summed E-state index contributed by atoms with van der Waals surface area (Å²) in [5.74, 6) is 0.778. The molecule has 4 aromatic carbocycles. The zero-order valence-electron chi connectivity index (χ0n) is 15.7. The lowest BCUT2D eigenvalue weighted by Gasteiger charge is -2.14. The Balaban J connectivity index is 1.98. The Bertz CT molecular complexity index is 1090. The van der Waals surface area contributed by atoms with Gasteiger partial charge in [0.05, 0.1) is 0 Å². The number of fused-ring (bicyclic) bond motifs is 2. The van der Waals surface area contributed by atoms with Gasteiger partial charge in [0.2, 0.25) is 0 Å². The molecule has 0 bridgehead atoms. The molecule has 1 N–H and O–H groups in total. The molecule has 4 aromatic rings. The molecular formula is C25H23NO. The first kappa shape index (κ1) is 17.3. The van der Waals surface area contributed by atoms with Gasteiger partial charge in [-0.05, 0) is 39.6 Å². The Morgan fingerprint density at radius 1 is 0.852 bits per heavy atom. The molecule has 0 aromatic heterocycles. The van der Waals surface area contributed by atoms with E-state index in [2.05, 4.69) is 61.3 Å². The van der Waals surface area contributed by atoms with E-state index in [-0.39, 0.29) is 5.75 Å². The molecule has 134 valence electrons. The standard InChI is InChI=1S/C25H23NO/c1-17(2)15-26-16-20-10-7-13-23(25(20)27)24-21-11-5-3-8-18(21)14-19-9-4-6-12-22(19)24/h3-14,16-17,27H,15H2,1-2H3. The predicted octanol–water partition coefficient (Wildman–Crippen LogP) is 6.44. The van der Waals surface area contributed by atoms with E-state index in [0.29, 0.717) is 5.92 Å². The quantitative estimate of drug-likeness (QED) is 0.332. The van der Waals surface area contributed by atoms with Gasteiger partial charge < -0.3 is 5.11 Å². The number of rotatable bonds is 4. The summed E-state index contributed by atoms with van der Waals surface area (Å²) in [5, 5.41) is 15.7. The number of para-hydroxylation sites is 1. The fourth-order valence-electron chi connectivity index (χ4n) is 3.53. The van der Waals surface area contributed by atoms with E-state index in [1.165, 1.54) is 10.8 Å². The molecule has 0 fully saturated rings. The Hall–Kier alpha value is -3.13. The minimum absolute atomic E-state index is 0.284. The summed E-state index contributed by atoms with van der Waals surface area (Å²) in [7, 11) is 0. The van der Waals surface area contributed by atoms with E-state index in [1.807, 2.05) is 30.3 Å². The van der Waals surface area contributed by atoms with Gasteiger partial charge in [-0.15, -0.1) is 0 Å². The van der Waals surface area contributed by atoms with Gasteiger partial charge >= 0.3 is 0 Å². The third-order valence-electron chi connectivity index (χ3n) is 4.81. The highest BCUT2D eigenvalue weighted by Gasteiger charge is 2.14. The molecule has 27 heavy (non-hydrogen) atoms. The number of phenols is 1. The average molecular weight is 353 g/mol. The number of hydrogen-bond donors (Lipinski definition) is 1. The summed E-state index contributed by atoms with van der Waals surface area (Å²) >= 11 is 0. The monoisotopic (exact) mass is 353 g/mol. The molecule has 0 unspecified atom stereocenters. The fraction of sp³-hybridized carbons (Fsp3) is 0.160. The van der Waals surface area contributed by atoms with Crippen LogP contribution in [-0.2, 0) is 0 Å². The number of phenolic OH excluding ortho intramolecular Hbond substituents is 1. The van der Waals surface area contributed by atoms with Gasteiger partial charge in [0, 0.05) is 29.4 Å². The van der Waals surface area contributed by atoms with Crippen molar-refractivity contribution in [2.45, 2.75) is 13.8 Å². The second-order valence-corrected chi connectivity index (χ2v) is 7.33. The van der Waals surface area contributed by atoms with Crippen LogP contribution in [0.15, 0.2) is 77.8 Å². The van der Waals surface area contributed by atoms with Crippen LogP contribution >= 0.6 is 0 Å². The zero-order chi connectivity index (χ0) is 18.8. The smallest absolute Gasteiger partial charge is 0.132 e. The minimum atomic E-state index is 0.284. The van der Waals surface area contributed by atoms with Crippen LogP contribution in [0.4, 0.5) is 0 Å². The zero-order valence-corrected chi connectivity index (χ0v) is 15.7. The Morgan fingerprint density at radius 3 is 2.11 bits per heavy atom. The van der Waals surface area contributed by atoms with Crippen LogP contribution in [-0.4, -0.2) is 17.9 Å². The van der Waals surface area contributed by atoms with Crippen molar-refractivity contribution in [3.8, 4) is 16.9 Å². The molecule has 0 aliphatic rings. The van der Waals surface area contributed by atoms with Crippen molar-refractivity contribution >= 4 is 27.8 Å². The number of aromatic hydroxyl groups is 1. The number of benzene rings is 4. The normalized spacial score (nSPS) is 11.8. The molecule has 0 spiro atoms. The molecule has 0 atom stereocenters. The number of aliphatic imine (C=N–C) groups is 1. The number of hydrogen-bond acceptors (Lipinski definition) is 2. The van der Waals surface area contributed by atoms with Crippen molar-refractivity contribution in [3.05, 3.63) is 78.4 Å². The van der Waals surface area contributed by atoms with Crippen LogP contribution in [0.25, 0.3) is 32.7 Å². The second kappa shape index (κ2) is 7.24. The van der Waals surface area contributed by atoms with E-state index in [1.54, 1.807) is 6.21 Å². The lowest BCUT2D eigenvalue weighted by atomic mass is 9.91. The molecule has 0 aliphatic heterocycles. The van der Waals surface area contributed by atoms with Crippen LogP contribution in [0.3, 0.4) is 0 Å². The second-order valence-electron chi connectivity index (χ2n) is 7.33. The summed E-state index contributed by atoms with van der Waals surface area (Å²) in [6.07, 6.45) is 1.78. The van der Waals surface area contributed by atoms with E-state index in [0.717, 1.165) is 34.0 Å². The highest BCUT2D eigenvalue weighted by atomic mass is 16.3. The van der Waals surface area contributed by atoms with E-state index < -0.39 is 0 Å². The number of nitrogens with zero attached hydrogens (tertiary/aromatic N) is 1. The molecular weight excluding hydrogens is 330 g/mol. The van der Waals surface area contributed by atoms with Gasteiger partial charge in [-0.2, -0.15) is 0 Å². The molecule has 0 radical (unpaired) electrons. The maximum atomic E-state index is 11.0. The van der Waals surface area contributed by atoms with E-state index in [9.17, 15) is 5.11 Å². The Kier molecular flexibility index (Phi) is 4.64. The van der Waals surface area contributed by atoms with Crippen LogP contribution in [0.2, 0.25) is 0 Å². The van der Waals surface area contributed by atoms with Crippen LogP contribution < -0.4 is 0 Å². The SMILES string of the molecule is CC(C)CN=Cc1cccc(-c2c3ccccc3cc3ccccc23)c1O. The molecule has 4 rings (SSSR count). The fourth-order valence-corrected chi connectivity index (χ4v) is 3.53. The van der Waals surface area contributed by atoms with Crippen molar-refractivity contribution in [2.24, 2.45) is 10.9 Å². The van der Waals surface area contributed by atoms with Crippen LogP contribution in [0.5, 0.6) is 5.75 Å². The maximum absolute atomic E-state index is 11.0. The Morgan fingerprint density at radius 2 is 1.48 bits per heavy atom. The average Bonchev–Trinajstić information content (AvgIpc) is 2.67. The summed E-state index contributed by atoms with van der Waals surface area (Å²) in [5.41, 5.74) is 2.67. The lowest BCUT2D eigenvalue weighted by Crippen LogP contribution is -1.94. The highest BCUT2D eigenvalue weighted by Crippen LogP contribution is 2.41. The van der Waals surface area contributed by atoms with Crippen molar-refractivity contribution in [2.75, 3.05) is 6.54 Å². The largest absolute Gasteiger partial charge is 0.507 e. The van der Waals surface area contributed by atoms with Crippen LogP contribution in [0, 0.1) is 5.92 Å².